The molecule has 4 nitrogen and oxygen atoms in total. The Kier molecular flexibility index (Phi) is 4.82. The molecule has 0 radical (unpaired) electrons. The Hall–Kier alpha value is -2.69. The van der Waals surface area contributed by atoms with Crippen LogP contribution in [0.15, 0.2) is 48.5 Å². The fraction of sp³-hybridized carbons (Fsp3) is 0.320. The van der Waals surface area contributed by atoms with Gasteiger partial charge in [-0.15, -0.1) is 0 Å². The minimum atomic E-state index is 0.0670. The first-order valence-electron chi connectivity index (χ1n) is 10.3. The van der Waals surface area contributed by atoms with Crippen molar-refractivity contribution in [1.82, 2.24) is 10.3 Å². The lowest BCUT2D eigenvalue weighted by Gasteiger charge is -2.32. The lowest BCUT2D eigenvalue weighted by molar-refractivity contribution is 0.0267. The van der Waals surface area contributed by atoms with Crippen molar-refractivity contribution >= 4 is 0 Å². The van der Waals surface area contributed by atoms with Gasteiger partial charge in [-0.3, -0.25) is 4.98 Å². The topological polar surface area (TPSA) is 43.4 Å². The molecule has 4 heteroatoms. The number of rotatable bonds is 3. The number of aromatic nitrogens is 1. The summed E-state index contributed by atoms with van der Waals surface area (Å²) in [5, 5.41) is 3.51. The zero-order chi connectivity index (χ0) is 19.8. The van der Waals surface area contributed by atoms with Crippen LogP contribution in [0.1, 0.15) is 39.6 Å². The predicted octanol–water partition coefficient (Wildman–Crippen LogP) is 4.53. The molecule has 2 aliphatic rings. The van der Waals surface area contributed by atoms with Crippen molar-refractivity contribution in [3.8, 4) is 17.0 Å². The first-order valence-corrected chi connectivity index (χ1v) is 10.3. The number of methoxy groups -OCH3 is 1. The van der Waals surface area contributed by atoms with E-state index in [4.69, 9.17) is 14.5 Å². The summed E-state index contributed by atoms with van der Waals surface area (Å²) >= 11 is 0. The van der Waals surface area contributed by atoms with Crippen molar-refractivity contribution in [1.29, 1.82) is 0 Å². The van der Waals surface area contributed by atoms with Crippen LogP contribution in [-0.2, 0) is 30.7 Å². The molecule has 1 atom stereocenters. The van der Waals surface area contributed by atoms with E-state index < -0.39 is 0 Å². The van der Waals surface area contributed by atoms with E-state index in [1.807, 2.05) is 6.07 Å². The Bertz CT molecular complexity index is 1050. The highest BCUT2D eigenvalue weighted by Gasteiger charge is 2.29. The van der Waals surface area contributed by atoms with E-state index in [2.05, 4.69) is 54.7 Å². The van der Waals surface area contributed by atoms with Gasteiger partial charge in [0.2, 0.25) is 0 Å². The summed E-state index contributed by atoms with van der Waals surface area (Å²) in [7, 11) is 1.71. The van der Waals surface area contributed by atoms with Gasteiger partial charge in [0.25, 0.3) is 0 Å². The van der Waals surface area contributed by atoms with E-state index in [-0.39, 0.29) is 6.10 Å². The van der Waals surface area contributed by atoms with Crippen LogP contribution in [0.5, 0.6) is 5.75 Å². The smallest absolute Gasteiger partial charge is 0.119 e. The van der Waals surface area contributed by atoms with Crippen LogP contribution in [0.3, 0.4) is 0 Å². The van der Waals surface area contributed by atoms with Crippen molar-refractivity contribution in [3.05, 3.63) is 82.0 Å². The number of hydrogen-bond donors (Lipinski definition) is 1. The number of pyridine rings is 1. The summed E-state index contributed by atoms with van der Waals surface area (Å²) in [6.07, 6.45) is 1.88. The molecule has 0 amide bonds. The van der Waals surface area contributed by atoms with Crippen LogP contribution in [0.25, 0.3) is 11.3 Å². The van der Waals surface area contributed by atoms with Crippen molar-refractivity contribution in [2.75, 3.05) is 13.7 Å². The zero-order valence-corrected chi connectivity index (χ0v) is 17.0. The fourth-order valence-electron chi connectivity index (χ4n) is 4.56. The molecule has 2 aliphatic heterocycles. The molecule has 2 aromatic carbocycles. The Labute approximate surface area is 171 Å². The highest BCUT2D eigenvalue weighted by Crippen LogP contribution is 2.39. The van der Waals surface area contributed by atoms with E-state index in [1.54, 1.807) is 7.11 Å². The molecule has 1 aromatic heterocycles. The average molecular weight is 386 g/mol. The normalized spacial score (nSPS) is 18.1. The quantitative estimate of drug-likeness (QED) is 0.718. The first-order chi connectivity index (χ1) is 14.2. The van der Waals surface area contributed by atoms with Gasteiger partial charge < -0.3 is 14.8 Å². The molecule has 0 bridgehead atoms. The van der Waals surface area contributed by atoms with Crippen LogP contribution in [-0.4, -0.2) is 18.6 Å². The number of fused-ring (bicyclic) bond motifs is 3. The number of nitrogens with zero attached hydrogens (tertiary/aromatic N) is 1. The zero-order valence-electron chi connectivity index (χ0n) is 17.0. The minimum Gasteiger partial charge on any atom is -0.497 e. The summed E-state index contributed by atoms with van der Waals surface area (Å²) in [5.41, 5.74) is 9.95. The highest BCUT2D eigenvalue weighted by atomic mass is 16.5. The third kappa shape index (κ3) is 3.33. The molecule has 148 valence electrons. The van der Waals surface area contributed by atoms with E-state index >= 15 is 0 Å². The van der Waals surface area contributed by atoms with Crippen molar-refractivity contribution < 1.29 is 9.47 Å². The first kappa shape index (κ1) is 18.3. The van der Waals surface area contributed by atoms with E-state index in [0.29, 0.717) is 6.61 Å². The molecule has 3 aromatic rings. The molecule has 29 heavy (non-hydrogen) atoms. The molecule has 5 rings (SSSR count). The molecule has 0 saturated heterocycles. The number of ether oxygens (including phenoxy) is 2. The van der Waals surface area contributed by atoms with Crippen LogP contribution < -0.4 is 10.1 Å². The Morgan fingerprint density at radius 1 is 1.07 bits per heavy atom. The van der Waals surface area contributed by atoms with Gasteiger partial charge in [0.1, 0.15) is 5.75 Å². The maximum absolute atomic E-state index is 6.34. The molecule has 0 spiro atoms. The minimum absolute atomic E-state index is 0.0670. The van der Waals surface area contributed by atoms with Crippen LogP contribution in [0, 0.1) is 6.92 Å². The molecular formula is C25H26N2O2. The van der Waals surface area contributed by atoms with Gasteiger partial charge >= 0.3 is 0 Å². The number of benzene rings is 2. The van der Waals surface area contributed by atoms with Gasteiger partial charge in [0.05, 0.1) is 25.5 Å². The molecular weight excluding hydrogens is 360 g/mol. The second kappa shape index (κ2) is 7.62. The van der Waals surface area contributed by atoms with Crippen molar-refractivity contribution in [2.24, 2.45) is 0 Å². The van der Waals surface area contributed by atoms with E-state index in [9.17, 15) is 0 Å². The second-order valence-electron chi connectivity index (χ2n) is 7.86. The summed E-state index contributed by atoms with van der Waals surface area (Å²) in [4.78, 5) is 5.20. The number of nitrogens with one attached hydrogen (secondary N) is 1. The lowest BCUT2D eigenvalue weighted by atomic mass is 9.86. The van der Waals surface area contributed by atoms with Crippen LogP contribution in [0.4, 0.5) is 0 Å². The monoisotopic (exact) mass is 386 g/mol. The van der Waals surface area contributed by atoms with E-state index in [0.717, 1.165) is 37.4 Å². The van der Waals surface area contributed by atoms with Gasteiger partial charge in [-0.1, -0.05) is 30.3 Å². The standard InChI is InChI=1S/C25H26N2O2/c1-16-12-18(28-2)8-9-19(16)25-20-13-24(17-6-4-3-5-7-17)29-15-22(20)21-14-26-11-10-23(21)27-25/h3-9,12,24,26H,10-11,13-15H2,1-2H3/t24-/m1/s1. The largest absolute Gasteiger partial charge is 0.497 e. The van der Waals surface area contributed by atoms with Crippen LogP contribution in [0.2, 0.25) is 0 Å². The molecule has 3 heterocycles. The number of hydrogen-bond acceptors (Lipinski definition) is 4. The Morgan fingerprint density at radius 3 is 2.72 bits per heavy atom. The second-order valence-corrected chi connectivity index (χ2v) is 7.86. The van der Waals surface area contributed by atoms with Gasteiger partial charge in [-0.2, -0.15) is 0 Å². The Morgan fingerprint density at radius 2 is 1.93 bits per heavy atom. The van der Waals surface area contributed by atoms with Crippen molar-refractivity contribution in [2.45, 2.75) is 39.0 Å². The fourth-order valence-corrected chi connectivity index (χ4v) is 4.56. The third-order valence-corrected chi connectivity index (χ3v) is 6.13. The van der Waals surface area contributed by atoms with Gasteiger partial charge in [-0.25, -0.2) is 0 Å². The predicted molar refractivity (Wildman–Crippen MR) is 114 cm³/mol. The van der Waals surface area contributed by atoms with Crippen LogP contribution >= 0.6 is 0 Å². The summed E-state index contributed by atoms with van der Waals surface area (Å²) in [6.45, 7) is 4.64. The lowest BCUT2D eigenvalue weighted by Crippen LogP contribution is -2.29. The SMILES string of the molecule is COc1ccc(-c2nc3c(c4c2C[C@H](c2ccccc2)OC4)CNCC3)c(C)c1. The Balaban J connectivity index is 1.65. The molecule has 1 N–H and O–H groups in total. The molecule has 0 fully saturated rings. The third-order valence-electron chi connectivity index (χ3n) is 6.13. The number of aryl methyl sites for hydroxylation is 1. The molecule has 0 saturated carbocycles. The van der Waals surface area contributed by atoms with Gasteiger partial charge in [0.15, 0.2) is 0 Å². The summed E-state index contributed by atoms with van der Waals surface area (Å²) in [5.74, 6) is 0.882. The van der Waals surface area contributed by atoms with Gasteiger partial charge in [-0.05, 0) is 52.9 Å². The van der Waals surface area contributed by atoms with Gasteiger partial charge in [0, 0.05) is 37.2 Å². The van der Waals surface area contributed by atoms with Crippen molar-refractivity contribution in [3.63, 3.8) is 0 Å². The maximum Gasteiger partial charge on any atom is 0.119 e. The highest BCUT2D eigenvalue weighted by molar-refractivity contribution is 5.70. The average Bonchev–Trinajstić information content (AvgIpc) is 2.79. The maximum atomic E-state index is 6.34. The molecule has 0 unspecified atom stereocenters. The summed E-state index contributed by atoms with van der Waals surface area (Å²) in [6, 6.07) is 16.8. The molecule has 0 aliphatic carbocycles. The van der Waals surface area contributed by atoms with E-state index in [1.165, 1.54) is 39.1 Å². The summed E-state index contributed by atoms with van der Waals surface area (Å²) < 4.78 is 11.8.